The lowest BCUT2D eigenvalue weighted by molar-refractivity contribution is 0.123. The van der Waals surface area contributed by atoms with Crippen LogP contribution in [0.2, 0.25) is 0 Å². The lowest BCUT2D eigenvalue weighted by atomic mass is 10.2. The number of ether oxygens (including phenoxy) is 1. The molecule has 0 spiro atoms. The van der Waals surface area contributed by atoms with E-state index in [1.54, 1.807) is 0 Å². The van der Waals surface area contributed by atoms with Crippen LogP contribution in [0.1, 0.15) is 0 Å². The Kier molecular flexibility index (Phi) is 4.23. The van der Waals surface area contributed by atoms with Crippen LogP contribution >= 0.6 is 27.6 Å². The lowest BCUT2D eigenvalue weighted by Gasteiger charge is -2.31. The predicted octanol–water partition coefficient (Wildman–Crippen LogP) is 2.61. The molecule has 0 aliphatic carbocycles. The molecule has 1 atom stereocenters. The van der Waals surface area contributed by atoms with E-state index in [4.69, 9.17) is 4.74 Å². The van der Waals surface area contributed by atoms with Crippen LogP contribution in [-0.4, -0.2) is 33.0 Å². The van der Waals surface area contributed by atoms with Crippen molar-refractivity contribution in [2.45, 2.75) is 0 Å². The Morgan fingerprint density at radius 2 is 1.93 bits per heavy atom. The normalized spacial score (nSPS) is 18.9. The quantitative estimate of drug-likeness (QED) is 0.609. The Bertz CT molecular complexity index is 326. The van der Waals surface area contributed by atoms with Crippen LogP contribution in [-0.2, 0) is 4.74 Å². The molecule has 0 bridgehead atoms. The number of para-hydroxylation sites is 1. The van der Waals surface area contributed by atoms with E-state index in [9.17, 15) is 0 Å². The lowest BCUT2D eigenvalue weighted by Crippen LogP contribution is -2.38. The summed E-state index contributed by atoms with van der Waals surface area (Å²) in [6.45, 7) is 6.07. The average molecular weight is 335 g/mol. The molecule has 2 rings (SSSR count). The number of benzene rings is 1. The van der Waals surface area contributed by atoms with Crippen LogP contribution in [0.5, 0.6) is 0 Å². The van der Waals surface area contributed by atoms with E-state index < -0.39 is 0 Å². The predicted molar refractivity (Wildman–Crippen MR) is 76.0 cm³/mol. The first-order chi connectivity index (χ1) is 7.29. The van der Waals surface area contributed by atoms with Crippen molar-refractivity contribution in [1.29, 1.82) is 0 Å². The van der Waals surface area contributed by atoms with Gasteiger partial charge in [0, 0.05) is 24.1 Å². The zero-order valence-corrected chi connectivity index (χ0v) is 11.9. The third-order valence-corrected chi connectivity index (χ3v) is 5.17. The van der Waals surface area contributed by atoms with Gasteiger partial charge in [0.25, 0.3) is 0 Å². The molecule has 1 aliphatic heterocycles. The Morgan fingerprint density at radius 1 is 1.27 bits per heavy atom. The summed E-state index contributed by atoms with van der Waals surface area (Å²) in [4.78, 5) is 2.44. The Balaban J connectivity index is 2.25. The number of hydrogen-bond donors (Lipinski definition) is 0. The van der Waals surface area contributed by atoms with Gasteiger partial charge < -0.3 is 9.64 Å². The molecule has 1 aromatic carbocycles. The first kappa shape index (κ1) is 11.6. The van der Waals surface area contributed by atoms with Crippen molar-refractivity contribution in [1.82, 2.24) is 0 Å². The number of nitrogens with zero attached hydrogens (tertiary/aromatic N) is 1. The molecule has 2 nitrogen and oxygen atoms in total. The molecule has 4 heteroatoms. The largest absolute Gasteiger partial charge is 0.378 e. The van der Waals surface area contributed by atoms with Gasteiger partial charge in [0.05, 0.1) is 13.2 Å². The molecule has 1 heterocycles. The van der Waals surface area contributed by atoms with Crippen molar-refractivity contribution in [2.75, 3.05) is 37.9 Å². The summed E-state index contributed by atoms with van der Waals surface area (Å²) in [7, 11) is 0. The molecule has 0 saturated carbocycles. The summed E-state index contributed by atoms with van der Waals surface area (Å²) in [6, 6.07) is 8.75. The fourth-order valence-electron chi connectivity index (χ4n) is 1.80. The van der Waals surface area contributed by atoms with Crippen LogP contribution in [0.25, 0.3) is 0 Å². The molecule has 1 unspecified atom stereocenters. The van der Waals surface area contributed by atoms with Gasteiger partial charge in [0.1, 0.15) is 0 Å². The van der Waals surface area contributed by atoms with Crippen molar-refractivity contribution in [3.63, 3.8) is 0 Å². The van der Waals surface area contributed by atoms with E-state index in [1.165, 1.54) is 11.0 Å². The first-order valence-electron chi connectivity index (χ1n) is 5.10. The molecular formula is C11H15INOP. The highest BCUT2D eigenvalue weighted by atomic mass is 127. The van der Waals surface area contributed by atoms with Crippen LogP contribution in [0.3, 0.4) is 0 Å². The molecule has 0 radical (unpaired) electrons. The van der Waals surface area contributed by atoms with Crippen molar-refractivity contribution >= 4 is 38.6 Å². The third kappa shape index (κ3) is 2.83. The molecule has 0 amide bonds. The van der Waals surface area contributed by atoms with Crippen LogP contribution in [0.15, 0.2) is 24.3 Å². The van der Waals surface area contributed by atoms with E-state index in [-0.39, 0.29) is 5.56 Å². The fourth-order valence-corrected chi connectivity index (χ4v) is 3.84. The molecular weight excluding hydrogens is 320 g/mol. The van der Waals surface area contributed by atoms with Gasteiger partial charge in [0.2, 0.25) is 0 Å². The Hall–Kier alpha value is 0.140. The van der Waals surface area contributed by atoms with Gasteiger partial charge in [0.15, 0.2) is 0 Å². The van der Waals surface area contributed by atoms with E-state index in [2.05, 4.69) is 57.9 Å². The highest BCUT2D eigenvalue weighted by Gasteiger charge is 2.15. The van der Waals surface area contributed by atoms with Crippen molar-refractivity contribution in [3.8, 4) is 0 Å². The SMILES string of the molecule is CP(I)c1ccccc1N1CCOCC1. The number of hydrogen-bond acceptors (Lipinski definition) is 2. The highest BCUT2D eigenvalue weighted by molar-refractivity contribution is 14.2. The van der Waals surface area contributed by atoms with Gasteiger partial charge in [-0.1, -0.05) is 18.2 Å². The summed E-state index contributed by atoms with van der Waals surface area (Å²) < 4.78 is 5.38. The molecule has 15 heavy (non-hydrogen) atoms. The summed E-state index contributed by atoms with van der Waals surface area (Å²) in [5, 5.41) is 1.50. The zero-order chi connectivity index (χ0) is 10.7. The molecule has 82 valence electrons. The molecule has 0 N–H and O–H groups in total. The Morgan fingerprint density at radius 3 is 2.60 bits per heavy atom. The van der Waals surface area contributed by atoms with Gasteiger partial charge >= 0.3 is 0 Å². The molecule has 1 aromatic rings. The minimum Gasteiger partial charge on any atom is -0.378 e. The van der Waals surface area contributed by atoms with Gasteiger partial charge in [-0.15, -0.1) is 0 Å². The van der Waals surface area contributed by atoms with E-state index in [1.807, 2.05) is 0 Å². The van der Waals surface area contributed by atoms with Crippen molar-refractivity contribution in [2.24, 2.45) is 0 Å². The number of rotatable bonds is 2. The first-order valence-corrected chi connectivity index (χ1v) is 9.67. The second kappa shape index (κ2) is 5.46. The monoisotopic (exact) mass is 335 g/mol. The maximum Gasteiger partial charge on any atom is 0.0642 e. The van der Waals surface area contributed by atoms with Gasteiger partial charge in [-0.3, -0.25) is 0 Å². The standard InChI is InChI=1S/C11H15INOP/c1-15(12)11-5-3-2-4-10(11)13-6-8-14-9-7-13/h2-5H,6-9H2,1H3. The third-order valence-electron chi connectivity index (χ3n) is 2.57. The maximum atomic E-state index is 5.38. The molecule has 1 aliphatic rings. The molecule has 1 fully saturated rings. The van der Waals surface area contributed by atoms with E-state index in [0.717, 1.165) is 26.3 Å². The average Bonchev–Trinajstić information content (AvgIpc) is 2.30. The summed E-state index contributed by atoms with van der Waals surface area (Å²) in [5.41, 5.74) is 1.35. The van der Waals surface area contributed by atoms with E-state index >= 15 is 0 Å². The fraction of sp³-hybridized carbons (Fsp3) is 0.455. The molecule has 1 saturated heterocycles. The molecule has 0 aromatic heterocycles. The zero-order valence-electron chi connectivity index (χ0n) is 8.82. The summed E-state index contributed by atoms with van der Waals surface area (Å²) in [6.07, 6.45) is 0. The van der Waals surface area contributed by atoms with Crippen molar-refractivity contribution in [3.05, 3.63) is 24.3 Å². The number of morpholine rings is 1. The summed E-state index contributed by atoms with van der Waals surface area (Å²) >= 11 is 2.54. The maximum absolute atomic E-state index is 5.38. The van der Waals surface area contributed by atoms with Gasteiger partial charge in [-0.2, -0.15) is 0 Å². The van der Waals surface area contributed by atoms with Gasteiger partial charge in [-0.25, -0.2) is 0 Å². The topological polar surface area (TPSA) is 12.5 Å². The summed E-state index contributed by atoms with van der Waals surface area (Å²) in [5.74, 6) is 0. The minimum absolute atomic E-state index is 0.0537. The van der Waals surface area contributed by atoms with Crippen LogP contribution < -0.4 is 10.2 Å². The number of halogens is 1. The second-order valence-corrected chi connectivity index (χ2v) is 9.34. The second-order valence-electron chi connectivity index (χ2n) is 3.57. The van der Waals surface area contributed by atoms with E-state index in [0.29, 0.717) is 0 Å². The Labute approximate surface area is 105 Å². The minimum atomic E-state index is -0.0537. The van der Waals surface area contributed by atoms with Crippen LogP contribution in [0, 0.1) is 0 Å². The van der Waals surface area contributed by atoms with Gasteiger partial charge in [-0.05, 0) is 40.3 Å². The highest BCUT2D eigenvalue weighted by Crippen LogP contribution is 2.42. The smallest absolute Gasteiger partial charge is 0.0642 e. The number of anilines is 1. The van der Waals surface area contributed by atoms with Crippen molar-refractivity contribution < 1.29 is 4.74 Å². The van der Waals surface area contributed by atoms with Crippen LogP contribution in [0.4, 0.5) is 5.69 Å².